The third kappa shape index (κ3) is 3.71. The van der Waals surface area contributed by atoms with Gasteiger partial charge in [-0.2, -0.15) is 0 Å². The van der Waals surface area contributed by atoms with Crippen LogP contribution >= 0.6 is 0 Å². The molecule has 0 saturated heterocycles. The molecule has 1 atom stereocenters. The van der Waals surface area contributed by atoms with E-state index in [9.17, 15) is 9.59 Å². The second-order valence-electron chi connectivity index (χ2n) is 7.27. The summed E-state index contributed by atoms with van der Waals surface area (Å²) in [5, 5.41) is 4.00. The molecule has 2 heterocycles. The Bertz CT molecular complexity index is 1400. The van der Waals surface area contributed by atoms with Crippen molar-refractivity contribution in [1.82, 2.24) is 14.9 Å². The Balaban J connectivity index is 1.49. The Morgan fingerprint density at radius 1 is 0.968 bits per heavy atom. The maximum atomic E-state index is 13.0. The highest BCUT2D eigenvalue weighted by molar-refractivity contribution is 5.81. The summed E-state index contributed by atoms with van der Waals surface area (Å²) in [6, 6.07) is 26.0. The van der Waals surface area contributed by atoms with Crippen molar-refractivity contribution in [2.24, 2.45) is 0 Å². The lowest BCUT2D eigenvalue weighted by molar-refractivity contribution is -0.122. The molecule has 152 valence electrons. The first-order chi connectivity index (χ1) is 15.2. The number of nitrogens with zero attached hydrogens (tertiary/aromatic N) is 2. The van der Waals surface area contributed by atoms with Gasteiger partial charge in [-0.05, 0) is 29.8 Å². The van der Waals surface area contributed by atoms with Crippen molar-refractivity contribution in [1.29, 1.82) is 0 Å². The summed E-state index contributed by atoms with van der Waals surface area (Å²) in [7, 11) is 0. The van der Waals surface area contributed by atoms with Gasteiger partial charge in [0.2, 0.25) is 5.91 Å². The molecule has 0 aliphatic heterocycles. The van der Waals surface area contributed by atoms with Crippen LogP contribution in [0.3, 0.4) is 0 Å². The molecule has 3 aromatic carbocycles. The fourth-order valence-electron chi connectivity index (χ4n) is 3.74. The van der Waals surface area contributed by atoms with Crippen LogP contribution in [-0.4, -0.2) is 15.5 Å². The van der Waals surface area contributed by atoms with Gasteiger partial charge < -0.3 is 9.73 Å². The average molecular weight is 409 g/mol. The minimum atomic E-state index is -0.482. The lowest BCUT2D eigenvalue weighted by Crippen LogP contribution is -2.35. The molecule has 6 nitrogen and oxygen atoms in total. The fourth-order valence-corrected chi connectivity index (χ4v) is 3.74. The van der Waals surface area contributed by atoms with Crippen LogP contribution in [-0.2, 0) is 11.3 Å². The molecule has 0 bridgehead atoms. The first-order valence-corrected chi connectivity index (χ1v) is 9.96. The van der Waals surface area contributed by atoms with Crippen molar-refractivity contribution in [3.05, 3.63) is 113 Å². The van der Waals surface area contributed by atoms with E-state index in [1.54, 1.807) is 6.07 Å². The van der Waals surface area contributed by atoms with Gasteiger partial charge in [-0.15, -0.1) is 0 Å². The van der Waals surface area contributed by atoms with E-state index in [2.05, 4.69) is 10.3 Å². The molecule has 1 amide bonds. The Hall–Kier alpha value is -4.19. The van der Waals surface area contributed by atoms with E-state index in [4.69, 9.17) is 4.42 Å². The lowest BCUT2D eigenvalue weighted by Gasteiger charge is -2.18. The number of carbonyl (C=O) groups is 1. The molecular formula is C25H19N3O3. The summed E-state index contributed by atoms with van der Waals surface area (Å²) in [6.07, 6.45) is 1.24. The topological polar surface area (TPSA) is 77.1 Å². The molecule has 5 aromatic rings. The minimum absolute atomic E-state index is 0.120. The number of rotatable bonds is 5. The largest absolute Gasteiger partial charge is 0.459 e. The smallest absolute Gasteiger partial charge is 0.269 e. The van der Waals surface area contributed by atoms with Crippen molar-refractivity contribution in [2.75, 3.05) is 0 Å². The van der Waals surface area contributed by atoms with Crippen molar-refractivity contribution >= 4 is 27.9 Å². The maximum absolute atomic E-state index is 13.0. The van der Waals surface area contributed by atoms with Gasteiger partial charge in [0.05, 0.1) is 17.2 Å². The van der Waals surface area contributed by atoms with E-state index in [0.717, 1.165) is 16.5 Å². The SMILES string of the molecule is O=C(Cn1c(=O)cnc2ccccc21)NC(c1ccccc1)c1cc2ccccc2o1. The predicted molar refractivity (Wildman–Crippen MR) is 119 cm³/mol. The lowest BCUT2D eigenvalue weighted by atomic mass is 10.0. The summed E-state index contributed by atoms with van der Waals surface area (Å²) < 4.78 is 7.47. The van der Waals surface area contributed by atoms with Crippen molar-refractivity contribution in [3.8, 4) is 0 Å². The quantitative estimate of drug-likeness (QED) is 0.475. The third-order valence-electron chi connectivity index (χ3n) is 5.22. The van der Waals surface area contributed by atoms with Crippen LogP contribution in [0.15, 0.2) is 100 Å². The van der Waals surface area contributed by atoms with E-state index in [1.807, 2.05) is 78.9 Å². The number of aromatic nitrogens is 2. The Morgan fingerprint density at radius 3 is 2.55 bits per heavy atom. The highest BCUT2D eigenvalue weighted by Crippen LogP contribution is 2.28. The molecule has 0 saturated carbocycles. The molecule has 0 spiro atoms. The molecule has 2 aromatic heterocycles. The average Bonchev–Trinajstić information content (AvgIpc) is 3.24. The molecular weight excluding hydrogens is 390 g/mol. The first-order valence-electron chi connectivity index (χ1n) is 9.96. The molecule has 0 radical (unpaired) electrons. The molecule has 6 heteroatoms. The monoisotopic (exact) mass is 409 g/mol. The number of hydrogen-bond acceptors (Lipinski definition) is 4. The van der Waals surface area contributed by atoms with Crippen LogP contribution in [0, 0.1) is 0 Å². The van der Waals surface area contributed by atoms with Gasteiger partial charge in [-0.1, -0.05) is 60.7 Å². The summed E-state index contributed by atoms with van der Waals surface area (Å²) >= 11 is 0. The van der Waals surface area contributed by atoms with Gasteiger partial charge in [0.25, 0.3) is 5.56 Å². The number of para-hydroxylation sites is 3. The Morgan fingerprint density at radius 2 is 1.71 bits per heavy atom. The van der Waals surface area contributed by atoms with Crippen molar-refractivity contribution < 1.29 is 9.21 Å². The van der Waals surface area contributed by atoms with Gasteiger partial charge >= 0.3 is 0 Å². The highest BCUT2D eigenvalue weighted by Gasteiger charge is 2.21. The molecule has 1 unspecified atom stereocenters. The molecule has 0 aliphatic rings. The summed E-state index contributed by atoms with van der Waals surface area (Å²) in [5.41, 5.74) is 2.59. The van der Waals surface area contributed by atoms with Gasteiger partial charge in [0.15, 0.2) is 0 Å². The number of nitrogens with one attached hydrogen (secondary N) is 1. The number of amides is 1. The Labute approximate surface area is 177 Å². The zero-order valence-corrected chi connectivity index (χ0v) is 16.6. The van der Waals surface area contributed by atoms with E-state index in [0.29, 0.717) is 16.8 Å². The van der Waals surface area contributed by atoms with Crippen LogP contribution in [0.4, 0.5) is 0 Å². The zero-order valence-electron chi connectivity index (χ0n) is 16.6. The minimum Gasteiger partial charge on any atom is -0.459 e. The number of furan rings is 1. The van der Waals surface area contributed by atoms with E-state index < -0.39 is 6.04 Å². The molecule has 5 rings (SSSR count). The molecule has 0 aliphatic carbocycles. The van der Waals surface area contributed by atoms with Gasteiger partial charge in [-0.3, -0.25) is 14.2 Å². The summed E-state index contributed by atoms with van der Waals surface area (Å²) in [6.45, 7) is -0.120. The number of hydrogen-bond donors (Lipinski definition) is 1. The standard InChI is InChI=1S/C25H19N3O3/c29-23(16-28-20-12-6-5-11-19(20)26-15-24(28)30)27-25(17-8-2-1-3-9-17)22-14-18-10-4-7-13-21(18)31-22/h1-15,25H,16H2,(H,27,29). The van der Waals surface area contributed by atoms with Gasteiger partial charge in [0, 0.05) is 5.39 Å². The molecule has 31 heavy (non-hydrogen) atoms. The van der Waals surface area contributed by atoms with E-state index in [-0.39, 0.29) is 18.0 Å². The van der Waals surface area contributed by atoms with Crippen molar-refractivity contribution in [2.45, 2.75) is 12.6 Å². The number of fused-ring (bicyclic) bond motifs is 2. The highest BCUT2D eigenvalue weighted by atomic mass is 16.3. The molecule has 1 N–H and O–H groups in total. The second kappa shape index (κ2) is 7.91. The van der Waals surface area contributed by atoms with Gasteiger partial charge in [0.1, 0.15) is 23.9 Å². The maximum Gasteiger partial charge on any atom is 0.269 e. The number of carbonyl (C=O) groups excluding carboxylic acids is 1. The number of benzene rings is 3. The molecule has 0 fully saturated rings. The van der Waals surface area contributed by atoms with Crippen LogP contribution in [0.5, 0.6) is 0 Å². The van der Waals surface area contributed by atoms with Crippen molar-refractivity contribution in [3.63, 3.8) is 0 Å². The third-order valence-corrected chi connectivity index (χ3v) is 5.22. The summed E-state index contributed by atoms with van der Waals surface area (Å²) in [4.78, 5) is 29.6. The normalized spacial score (nSPS) is 12.1. The first kappa shape index (κ1) is 18.8. The second-order valence-corrected chi connectivity index (χ2v) is 7.27. The zero-order chi connectivity index (χ0) is 21.2. The van der Waals surface area contributed by atoms with Crippen LogP contribution < -0.4 is 10.9 Å². The van der Waals surface area contributed by atoms with Gasteiger partial charge in [-0.25, -0.2) is 4.98 Å². The van der Waals surface area contributed by atoms with Crippen LogP contribution in [0.2, 0.25) is 0 Å². The Kier molecular flexibility index (Phi) is 4.80. The van der Waals surface area contributed by atoms with Crippen LogP contribution in [0.25, 0.3) is 22.0 Å². The van der Waals surface area contributed by atoms with E-state index in [1.165, 1.54) is 10.8 Å². The summed E-state index contributed by atoms with van der Waals surface area (Å²) in [5.74, 6) is 0.334. The van der Waals surface area contributed by atoms with E-state index >= 15 is 0 Å². The predicted octanol–water partition coefficient (Wildman–Crippen LogP) is 4.05. The van der Waals surface area contributed by atoms with Crippen LogP contribution in [0.1, 0.15) is 17.4 Å². The fraction of sp³-hybridized carbons (Fsp3) is 0.0800.